The maximum absolute atomic E-state index is 13.4. The van der Waals surface area contributed by atoms with Gasteiger partial charge >= 0.3 is 10.4 Å². The molecule has 1 atom stereocenters. The molecule has 7 nitrogen and oxygen atoms in total. The zero-order valence-corrected chi connectivity index (χ0v) is 12.2. The molecule has 2 saturated heterocycles. The van der Waals surface area contributed by atoms with Gasteiger partial charge in [-0.15, -0.1) is 5.12 Å². The molecule has 0 aromatic heterocycles. The van der Waals surface area contributed by atoms with Crippen LogP contribution in [0.15, 0.2) is 0 Å². The quantitative estimate of drug-likeness (QED) is 0.735. The van der Waals surface area contributed by atoms with Crippen LogP contribution in [0.1, 0.15) is 32.6 Å². The van der Waals surface area contributed by atoms with Gasteiger partial charge in [0.05, 0.1) is 6.17 Å². The highest BCUT2D eigenvalue weighted by Crippen LogP contribution is 2.26. The third-order valence-electron chi connectivity index (χ3n) is 3.55. The Morgan fingerprint density at radius 3 is 2.68 bits per heavy atom. The number of hydrazine groups is 3. The molecule has 0 amide bonds. The van der Waals surface area contributed by atoms with Crippen molar-refractivity contribution >= 4 is 10.4 Å². The molecule has 19 heavy (non-hydrogen) atoms. The molecule has 0 bridgehead atoms. The third-order valence-corrected chi connectivity index (χ3v) is 4.34. The molecule has 2 aliphatic heterocycles. The fraction of sp³-hybridized carbons (Fsp3) is 1.00. The van der Waals surface area contributed by atoms with Crippen LogP contribution in [-0.4, -0.2) is 61.0 Å². The molecule has 2 fully saturated rings. The topological polar surface area (TPSA) is 59.1 Å². The zero-order chi connectivity index (χ0) is 14.0. The minimum absolute atomic E-state index is 0.0352. The summed E-state index contributed by atoms with van der Waals surface area (Å²) < 4.78 is 36.8. The number of unbranched alkanes of at least 4 members (excludes halogenated alkanes) is 1. The molecule has 0 aromatic carbocycles. The smallest absolute Gasteiger partial charge is 0.299 e. The van der Waals surface area contributed by atoms with Crippen molar-refractivity contribution in [2.45, 2.75) is 38.8 Å². The summed E-state index contributed by atoms with van der Waals surface area (Å²) in [6.45, 7) is 3.63. The zero-order valence-electron chi connectivity index (χ0n) is 11.4. The van der Waals surface area contributed by atoms with Crippen LogP contribution in [0.25, 0.3) is 0 Å². The van der Waals surface area contributed by atoms with Gasteiger partial charge in [0, 0.05) is 13.6 Å². The molecular weight excluding hydrogens is 273 g/mol. The van der Waals surface area contributed by atoms with E-state index >= 15 is 0 Å². The summed E-state index contributed by atoms with van der Waals surface area (Å²) in [5.41, 5.74) is 0. The van der Waals surface area contributed by atoms with Crippen LogP contribution in [0.2, 0.25) is 0 Å². The molecule has 0 radical (unpaired) electrons. The first-order valence-corrected chi connectivity index (χ1v) is 8.02. The van der Waals surface area contributed by atoms with E-state index in [1.165, 1.54) is 5.12 Å². The van der Waals surface area contributed by atoms with Crippen molar-refractivity contribution < 1.29 is 12.3 Å². The van der Waals surface area contributed by atoms with Crippen LogP contribution in [0.5, 0.6) is 0 Å². The van der Waals surface area contributed by atoms with Gasteiger partial charge in [0.1, 0.15) is 6.67 Å². The summed E-state index contributed by atoms with van der Waals surface area (Å²) in [5, 5.41) is 8.20. The van der Waals surface area contributed by atoms with E-state index in [4.69, 9.17) is 0 Å². The SMILES string of the molecule is CCCCN1CN(S(=O)(=O)F)N(C2CCCN2)N1C. The maximum Gasteiger partial charge on any atom is 0.390 e. The Balaban J connectivity index is 2.15. The average molecular weight is 295 g/mol. The number of nitrogens with zero attached hydrogens (tertiary/aromatic N) is 4. The molecule has 0 spiro atoms. The molecular formula is C10H22FN5O2S. The molecule has 0 aromatic rings. The molecule has 1 unspecified atom stereocenters. The van der Waals surface area contributed by atoms with E-state index in [1.807, 2.05) is 5.01 Å². The number of rotatable bonds is 5. The predicted molar refractivity (Wildman–Crippen MR) is 69.0 cm³/mol. The fourth-order valence-corrected chi connectivity index (χ4v) is 3.21. The van der Waals surface area contributed by atoms with Crippen molar-refractivity contribution in [3.05, 3.63) is 0 Å². The van der Waals surface area contributed by atoms with E-state index < -0.39 is 10.4 Å². The normalized spacial score (nSPS) is 28.5. The average Bonchev–Trinajstić information content (AvgIpc) is 2.93. The van der Waals surface area contributed by atoms with E-state index in [0.717, 1.165) is 36.6 Å². The molecule has 2 rings (SSSR count). The van der Waals surface area contributed by atoms with Crippen molar-refractivity contribution in [1.82, 2.24) is 25.0 Å². The monoisotopic (exact) mass is 295 g/mol. The minimum Gasteiger partial charge on any atom is -0.299 e. The second-order valence-corrected chi connectivity index (χ2v) is 6.16. The summed E-state index contributed by atoms with van der Waals surface area (Å²) in [6.07, 6.45) is 3.55. The van der Waals surface area contributed by atoms with Crippen LogP contribution in [-0.2, 0) is 10.4 Å². The van der Waals surface area contributed by atoms with Crippen LogP contribution in [0, 0.1) is 0 Å². The minimum atomic E-state index is -4.74. The van der Waals surface area contributed by atoms with Crippen LogP contribution in [0.4, 0.5) is 3.89 Å². The van der Waals surface area contributed by atoms with Gasteiger partial charge in [-0.2, -0.15) is 13.5 Å². The largest absolute Gasteiger partial charge is 0.390 e. The van der Waals surface area contributed by atoms with E-state index in [9.17, 15) is 12.3 Å². The first-order valence-electron chi connectivity index (χ1n) is 6.68. The lowest BCUT2D eigenvalue weighted by molar-refractivity contribution is -0.167. The number of nitrogens with one attached hydrogen (secondary N) is 1. The Morgan fingerprint density at radius 1 is 1.42 bits per heavy atom. The first kappa shape index (κ1) is 15.1. The van der Waals surface area contributed by atoms with E-state index in [2.05, 4.69) is 12.2 Å². The summed E-state index contributed by atoms with van der Waals surface area (Å²) in [5.74, 6) is 0. The van der Waals surface area contributed by atoms with Gasteiger partial charge in [-0.25, -0.2) is 5.01 Å². The fourth-order valence-electron chi connectivity index (χ4n) is 2.52. The Labute approximate surface area is 114 Å². The van der Waals surface area contributed by atoms with E-state index in [-0.39, 0.29) is 12.8 Å². The number of halogens is 1. The molecule has 112 valence electrons. The Kier molecular flexibility index (Phi) is 4.75. The molecule has 2 heterocycles. The summed E-state index contributed by atoms with van der Waals surface area (Å²) in [4.78, 5) is 0. The van der Waals surface area contributed by atoms with Crippen LogP contribution < -0.4 is 5.32 Å². The molecule has 9 heteroatoms. The second-order valence-electron chi connectivity index (χ2n) is 4.91. The lowest BCUT2D eigenvalue weighted by Crippen LogP contribution is -2.55. The van der Waals surface area contributed by atoms with E-state index in [0.29, 0.717) is 6.54 Å². The number of hydrogen-bond donors (Lipinski definition) is 1. The van der Waals surface area contributed by atoms with Gasteiger partial charge in [-0.3, -0.25) is 5.32 Å². The molecule has 2 aliphatic rings. The lowest BCUT2D eigenvalue weighted by atomic mass is 10.3. The maximum atomic E-state index is 13.4. The van der Waals surface area contributed by atoms with Gasteiger partial charge in [-0.05, 0) is 25.8 Å². The van der Waals surface area contributed by atoms with Gasteiger partial charge in [-0.1, -0.05) is 21.6 Å². The lowest BCUT2D eigenvalue weighted by Gasteiger charge is -2.34. The Bertz CT molecular complexity index is 401. The summed E-state index contributed by atoms with van der Waals surface area (Å²) in [6, 6.07) is 0. The summed E-state index contributed by atoms with van der Waals surface area (Å²) in [7, 11) is -2.98. The van der Waals surface area contributed by atoms with Crippen LogP contribution in [0.3, 0.4) is 0 Å². The van der Waals surface area contributed by atoms with Gasteiger partial charge in [0.25, 0.3) is 0 Å². The Hall–Kier alpha value is -0.320. The van der Waals surface area contributed by atoms with E-state index in [1.54, 1.807) is 12.2 Å². The highest BCUT2D eigenvalue weighted by Gasteiger charge is 2.45. The van der Waals surface area contributed by atoms with Crippen molar-refractivity contribution in [2.24, 2.45) is 0 Å². The van der Waals surface area contributed by atoms with Gasteiger partial charge in [0.2, 0.25) is 0 Å². The highest BCUT2D eigenvalue weighted by molar-refractivity contribution is 7.83. The Morgan fingerprint density at radius 2 is 2.16 bits per heavy atom. The third kappa shape index (κ3) is 3.23. The van der Waals surface area contributed by atoms with Crippen molar-refractivity contribution in [3.63, 3.8) is 0 Å². The van der Waals surface area contributed by atoms with Crippen molar-refractivity contribution in [1.29, 1.82) is 0 Å². The standard InChI is InChI=1S/C10H22FN5O2S/c1-3-4-8-14-9-15(19(11,17)18)16(13(14)2)10-6-5-7-12-10/h10,12H,3-9H2,1-2H3. The van der Waals surface area contributed by atoms with Crippen LogP contribution >= 0.6 is 0 Å². The van der Waals surface area contributed by atoms with Crippen molar-refractivity contribution in [2.75, 3.05) is 26.8 Å². The number of hydrogen-bond acceptors (Lipinski definition) is 6. The molecule has 1 N–H and O–H groups in total. The highest BCUT2D eigenvalue weighted by atomic mass is 32.3. The van der Waals surface area contributed by atoms with Gasteiger partial charge < -0.3 is 0 Å². The van der Waals surface area contributed by atoms with Crippen molar-refractivity contribution in [3.8, 4) is 0 Å². The molecule has 0 aliphatic carbocycles. The second kappa shape index (κ2) is 5.98. The summed E-state index contributed by atoms with van der Waals surface area (Å²) >= 11 is 0. The van der Waals surface area contributed by atoms with Gasteiger partial charge in [0.15, 0.2) is 0 Å². The predicted octanol–water partition coefficient (Wildman–Crippen LogP) is 0.264. The first-order chi connectivity index (χ1) is 8.95. The molecule has 0 saturated carbocycles.